The number of rotatable bonds is 5. The zero-order valence-corrected chi connectivity index (χ0v) is 12.6. The average molecular weight is 286 g/mol. The van der Waals surface area contributed by atoms with Crippen molar-refractivity contribution >= 4 is 17.5 Å². The van der Waals surface area contributed by atoms with E-state index in [0.29, 0.717) is 29.3 Å². The Morgan fingerprint density at radius 2 is 1.84 bits per heavy atom. The van der Waals surface area contributed by atoms with Gasteiger partial charge in [-0.2, -0.15) is 0 Å². The van der Waals surface area contributed by atoms with Crippen molar-refractivity contribution in [1.29, 1.82) is 0 Å². The first-order valence-corrected chi connectivity index (χ1v) is 6.94. The fourth-order valence-electron chi connectivity index (χ4n) is 2.22. The predicted molar refractivity (Wildman–Crippen MR) is 76.9 cm³/mol. The molecule has 0 saturated carbocycles. The van der Waals surface area contributed by atoms with Crippen molar-refractivity contribution in [2.24, 2.45) is 17.8 Å². The lowest BCUT2D eigenvalue weighted by atomic mass is 9.85. The number of carbonyl (C=O) groups is 1. The van der Waals surface area contributed by atoms with Gasteiger partial charge in [0.15, 0.2) is 0 Å². The second-order valence-electron chi connectivity index (χ2n) is 5.49. The summed E-state index contributed by atoms with van der Waals surface area (Å²) in [7, 11) is 0. The molecule has 1 amide bonds. The van der Waals surface area contributed by atoms with E-state index in [9.17, 15) is 9.18 Å². The summed E-state index contributed by atoms with van der Waals surface area (Å²) in [5, 5.41) is 3.15. The molecule has 1 aromatic rings. The highest BCUT2D eigenvalue weighted by atomic mass is 35.5. The second-order valence-corrected chi connectivity index (χ2v) is 5.92. The van der Waals surface area contributed by atoms with Gasteiger partial charge in [-0.25, -0.2) is 4.39 Å². The SMILES string of the molecule is CC(C)C(CNC(=O)c1cc(Cl)ccc1F)C(C)C. The molecule has 1 rings (SSSR count). The van der Waals surface area contributed by atoms with E-state index >= 15 is 0 Å². The van der Waals surface area contributed by atoms with Crippen LogP contribution in [-0.4, -0.2) is 12.5 Å². The molecule has 0 saturated heterocycles. The van der Waals surface area contributed by atoms with Crippen LogP contribution >= 0.6 is 11.6 Å². The van der Waals surface area contributed by atoms with Gasteiger partial charge in [0.1, 0.15) is 5.82 Å². The van der Waals surface area contributed by atoms with Gasteiger partial charge in [-0.1, -0.05) is 39.3 Å². The third-order valence-electron chi connectivity index (χ3n) is 3.38. The quantitative estimate of drug-likeness (QED) is 0.866. The Morgan fingerprint density at radius 1 is 1.26 bits per heavy atom. The monoisotopic (exact) mass is 285 g/mol. The summed E-state index contributed by atoms with van der Waals surface area (Å²) in [5.74, 6) is 0.332. The molecule has 0 aliphatic heterocycles. The molecule has 19 heavy (non-hydrogen) atoms. The summed E-state index contributed by atoms with van der Waals surface area (Å²) in [6.07, 6.45) is 0. The summed E-state index contributed by atoms with van der Waals surface area (Å²) in [6.45, 7) is 9.03. The van der Waals surface area contributed by atoms with Gasteiger partial charge in [0.05, 0.1) is 5.56 Å². The minimum absolute atomic E-state index is 0.00115. The van der Waals surface area contributed by atoms with Gasteiger partial charge in [-0.3, -0.25) is 4.79 Å². The van der Waals surface area contributed by atoms with Crippen LogP contribution in [0.15, 0.2) is 18.2 Å². The summed E-state index contributed by atoms with van der Waals surface area (Å²) in [5.41, 5.74) is -0.00115. The molecule has 1 aromatic carbocycles. The Bertz CT molecular complexity index is 438. The van der Waals surface area contributed by atoms with E-state index in [4.69, 9.17) is 11.6 Å². The van der Waals surface area contributed by atoms with Crippen molar-refractivity contribution in [3.63, 3.8) is 0 Å². The number of hydrogen-bond donors (Lipinski definition) is 1. The van der Waals surface area contributed by atoms with Gasteiger partial charge < -0.3 is 5.32 Å². The smallest absolute Gasteiger partial charge is 0.254 e. The molecular formula is C15H21ClFNO. The molecule has 2 nitrogen and oxygen atoms in total. The lowest BCUT2D eigenvalue weighted by Crippen LogP contribution is -2.34. The van der Waals surface area contributed by atoms with E-state index in [2.05, 4.69) is 33.0 Å². The molecule has 106 valence electrons. The lowest BCUT2D eigenvalue weighted by molar-refractivity contribution is 0.0933. The third kappa shape index (κ3) is 4.50. The number of nitrogens with one attached hydrogen (secondary N) is 1. The van der Waals surface area contributed by atoms with Crippen LogP contribution < -0.4 is 5.32 Å². The highest BCUT2D eigenvalue weighted by Gasteiger charge is 2.19. The number of amides is 1. The summed E-state index contributed by atoms with van der Waals surface area (Å²) in [6, 6.07) is 3.99. The summed E-state index contributed by atoms with van der Waals surface area (Å²) >= 11 is 5.78. The van der Waals surface area contributed by atoms with Crippen molar-refractivity contribution in [3.05, 3.63) is 34.6 Å². The fourth-order valence-corrected chi connectivity index (χ4v) is 2.39. The normalized spacial score (nSPS) is 11.4. The fraction of sp³-hybridized carbons (Fsp3) is 0.533. The molecule has 0 aromatic heterocycles. The Labute approximate surface area is 119 Å². The highest BCUT2D eigenvalue weighted by molar-refractivity contribution is 6.30. The molecule has 0 radical (unpaired) electrons. The third-order valence-corrected chi connectivity index (χ3v) is 3.62. The Morgan fingerprint density at radius 3 is 2.37 bits per heavy atom. The topological polar surface area (TPSA) is 29.1 Å². The minimum atomic E-state index is -0.549. The molecular weight excluding hydrogens is 265 g/mol. The van der Waals surface area contributed by atoms with E-state index in [0.717, 1.165) is 0 Å². The summed E-state index contributed by atoms with van der Waals surface area (Å²) < 4.78 is 13.5. The van der Waals surface area contributed by atoms with E-state index in [1.165, 1.54) is 18.2 Å². The number of carbonyl (C=O) groups excluding carboxylic acids is 1. The van der Waals surface area contributed by atoms with Gasteiger partial charge in [-0.15, -0.1) is 0 Å². The molecule has 0 heterocycles. The first-order valence-electron chi connectivity index (χ1n) is 6.56. The van der Waals surface area contributed by atoms with Crippen LogP contribution in [0.3, 0.4) is 0 Å². The van der Waals surface area contributed by atoms with Crippen molar-refractivity contribution < 1.29 is 9.18 Å². The zero-order chi connectivity index (χ0) is 14.6. The van der Waals surface area contributed by atoms with Crippen molar-refractivity contribution in [1.82, 2.24) is 5.32 Å². The molecule has 0 aliphatic rings. The first-order chi connectivity index (χ1) is 8.82. The van der Waals surface area contributed by atoms with E-state index in [1.54, 1.807) is 0 Å². The minimum Gasteiger partial charge on any atom is -0.352 e. The van der Waals surface area contributed by atoms with Crippen LogP contribution in [0.25, 0.3) is 0 Å². The maximum atomic E-state index is 13.5. The van der Waals surface area contributed by atoms with Gasteiger partial charge >= 0.3 is 0 Å². The van der Waals surface area contributed by atoms with Crippen LogP contribution in [0.1, 0.15) is 38.1 Å². The average Bonchev–Trinajstić information content (AvgIpc) is 2.31. The first kappa shape index (κ1) is 16.0. The van der Waals surface area contributed by atoms with Gasteiger partial charge in [0, 0.05) is 11.6 Å². The molecule has 4 heteroatoms. The summed E-state index contributed by atoms with van der Waals surface area (Å²) in [4.78, 5) is 12.0. The second kappa shape index (κ2) is 6.90. The maximum Gasteiger partial charge on any atom is 0.254 e. The maximum absolute atomic E-state index is 13.5. The number of benzene rings is 1. The van der Waals surface area contributed by atoms with Crippen LogP contribution in [-0.2, 0) is 0 Å². The predicted octanol–water partition coefficient (Wildman–Crippen LogP) is 4.14. The molecule has 1 N–H and O–H groups in total. The van der Waals surface area contributed by atoms with Crippen LogP contribution in [0.4, 0.5) is 4.39 Å². The van der Waals surface area contributed by atoms with E-state index in [1.807, 2.05) is 0 Å². The lowest BCUT2D eigenvalue weighted by Gasteiger charge is -2.25. The standard InChI is InChI=1S/C15H21ClFNO/c1-9(2)13(10(3)4)8-18-15(19)12-7-11(16)5-6-14(12)17/h5-7,9-10,13H,8H2,1-4H3,(H,18,19). The molecule has 0 spiro atoms. The van der Waals surface area contributed by atoms with Crippen LogP contribution in [0, 0.1) is 23.6 Å². The zero-order valence-electron chi connectivity index (χ0n) is 11.8. The number of hydrogen-bond acceptors (Lipinski definition) is 1. The van der Waals surface area contributed by atoms with Crippen molar-refractivity contribution in [2.45, 2.75) is 27.7 Å². The Balaban J connectivity index is 2.72. The van der Waals surface area contributed by atoms with Gasteiger partial charge in [0.2, 0.25) is 0 Å². The Hall–Kier alpha value is -1.09. The molecule has 0 fully saturated rings. The van der Waals surface area contributed by atoms with Crippen LogP contribution in [0.5, 0.6) is 0 Å². The van der Waals surface area contributed by atoms with Gasteiger partial charge in [-0.05, 0) is 36.0 Å². The molecule has 0 atom stereocenters. The van der Waals surface area contributed by atoms with E-state index in [-0.39, 0.29) is 5.56 Å². The highest BCUT2D eigenvalue weighted by Crippen LogP contribution is 2.20. The Kier molecular flexibility index (Phi) is 5.80. The molecule has 0 aliphatic carbocycles. The van der Waals surface area contributed by atoms with Crippen molar-refractivity contribution in [3.8, 4) is 0 Å². The number of halogens is 2. The van der Waals surface area contributed by atoms with Gasteiger partial charge in [0.25, 0.3) is 5.91 Å². The molecule has 0 bridgehead atoms. The van der Waals surface area contributed by atoms with Crippen molar-refractivity contribution in [2.75, 3.05) is 6.54 Å². The molecule has 0 unspecified atom stereocenters. The van der Waals surface area contributed by atoms with E-state index < -0.39 is 11.7 Å². The largest absolute Gasteiger partial charge is 0.352 e. The van der Waals surface area contributed by atoms with Crippen LogP contribution in [0.2, 0.25) is 5.02 Å².